The molecule has 1 N–H and O–H groups in total. The third-order valence-electron chi connectivity index (χ3n) is 3.52. The molecule has 0 spiro atoms. The van der Waals surface area contributed by atoms with Crippen LogP contribution in [0.15, 0.2) is 72.8 Å². The lowest BCUT2D eigenvalue weighted by molar-refractivity contribution is -0.117. The third kappa shape index (κ3) is 5.39. The summed E-state index contributed by atoms with van der Waals surface area (Å²) in [6.45, 7) is 5.47. The molecule has 0 saturated heterocycles. The Hall–Kier alpha value is -2.88. The van der Waals surface area contributed by atoms with Gasteiger partial charge in [-0.25, -0.2) is 4.79 Å². The van der Waals surface area contributed by atoms with Crippen molar-refractivity contribution < 1.29 is 14.3 Å². The summed E-state index contributed by atoms with van der Waals surface area (Å²) in [5.74, 6) is -0.199. The van der Waals surface area contributed by atoms with E-state index in [0.717, 1.165) is 11.1 Å². The number of alkyl carbamates (subject to hydrolysis) is 1. The van der Waals surface area contributed by atoms with Crippen molar-refractivity contribution in [3.63, 3.8) is 0 Å². The molecule has 0 aliphatic heterocycles. The Kier molecular flexibility index (Phi) is 6.32. The van der Waals surface area contributed by atoms with E-state index in [1.54, 1.807) is 6.92 Å². The highest BCUT2D eigenvalue weighted by Gasteiger charge is 2.22. The van der Waals surface area contributed by atoms with Gasteiger partial charge in [-0.15, -0.1) is 0 Å². The number of ketones is 1. The summed E-state index contributed by atoms with van der Waals surface area (Å²) in [6.07, 6.45) is -0.221. The van der Waals surface area contributed by atoms with E-state index in [1.165, 1.54) is 0 Å². The molecule has 0 aliphatic rings. The highest BCUT2D eigenvalue weighted by Crippen LogP contribution is 2.08. The molecule has 4 nitrogen and oxygen atoms in total. The summed E-state index contributed by atoms with van der Waals surface area (Å²) in [5.41, 5.74) is 2.25. The average Bonchev–Trinajstić information content (AvgIpc) is 2.60. The van der Waals surface area contributed by atoms with Crippen molar-refractivity contribution in [3.05, 3.63) is 83.9 Å². The lowest BCUT2D eigenvalue weighted by atomic mass is 9.99. The van der Waals surface area contributed by atoms with Gasteiger partial charge < -0.3 is 10.1 Å². The van der Waals surface area contributed by atoms with E-state index in [0.29, 0.717) is 12.0 Å². The smallest absolute Gasteiger partial charge is 0.408 e. The number of carbonyl (C=O) groups is 2. The zero-order chi connectivity index (χ0) is 17.4. The van der Waals surface area contributed by atoms with Gasteiger partial charge in [-0.05, 0) is 23.6 Å². The van der Waals surface area contributed by atoms with Gasteiger partial charge in [0.25, 0.3) is 0 Å². The zero-order valence-electron chi connectivity index (χ0n) is 13.7. The molecule has 0 bridgehead atoms. The monoisotopic (exact) mass is 323 g/mol. The summed E-state index contributed by atoms with van der Waals surface area (Å²) in [5, 5.41) is 2.65. The van der Waals surface area contributed by atoms with Gasteiger partial charge in [0.15, 0.2) is 5.78 Å². The van der Waals surface area contributed by atoms with E-state index in [9.17, 15) is 9.59 Å². The second-order valence-electron chi connectivity index (χ2n) is 5.59. The zero-order valence-corrected chi connectivity index (χ0v) is 13.7. The van der Waals surface area contributed by atoms with Crippen LogP contribution in [0.3, 0.4) is 0 Å². The molecule has 0 aliphatic carbocycles. The van der Waals surface area contributed by atoms with Crippen molar-refractivity contribution in [2.24, 2.45) is 0 Å². The van der Waals surface area contributed by atoms with Crippen LogP contribution in [0.2, 0.25) is 0 Å². The van der Waals surface area contributed by atoms with Gasteiger partial charge in [-0.2, -0.15) is 0 Å². The average molecular weight is 323 g/mol. The van der Waals surface area contributed by atoms with Crippen molar-refractivity contribution in [2.45, 2.75) is 26.0 Å². The van der Waals surface area contributed by atoms with Crippen LogP contribution in [0, 0.1) is 0 Å². The Bertz CT molecular complexity index is 695. The van der Waals surface area contributed by atoms with E-state index < -0.39 is 12.1 Å². The highest BCUT2D eigenvalue weighted by atomic mass is 16.5. The van der Waals surface area contributed by atoms with Gasteiger partial charge in [0.05, 0.1) is 6.04 Å². The number of nitrogens with one attached hydrogen (secondary N) is 1. The van der Waals surface area contributed by atoms with Gasteiger partial charge in [0.2, 0.25) is 0 Å². The number of hydrogen-bond acceptors (Lipinski definition) is 3. The standard InChI is InChI=1S/C20H21NO3/c1-15(2)19(22)18(13-16-9-5-3-6-10-16)21-20(23)24-14-17-11-7-4-8-12-17/h3-12,18H,1,13-14H2,2H3,(H,21,23). The Morgan fingerprint density at radius 2 is 1.54 bits per heavy atom. The van der Waals surface area contributed by atoms with E-state index in [-0.39, 0.29) is 12.4 Å². The van der Waals surface area contributed by atoms with Crippen LogP contribution in [0.5, 0.6) is 0 Å². The first-order valence-electron chi connectivity index (χ1n) is 7.77. The molecular weight excluding hydrogens is 302 g/mol. The molecular formula is C20H21NO3. The van der Waals surface area contributed by atoms with E-state index in [4.69, 9.17) is 4.74 Å². The SMILES string of the molecule is C=C(C)C(=O)C(Cc1ccccc1)NC(=O)OCc1ccccc1. The van der Waals surface area contributed by atoms with Gasteiger partial charge in [0.1, 0.15) is 6.61 Å². The summed E-state index contributed by atoms with van der Waals surface area (Å²) in [6, 6.07) is 18.2. The molecule has 124 valence electrons. The van der Waals surface area contributed by atoms with Crippen molar-refractivity contribution >= 4 is 11.9 Å². The molecule has 2 aromatic carbocycles. The molecule has 0 fully saturated rings. The third-order valence-corrected chi connectivity index (χ3v) is 3.52. The fourth-order valence-corrected chi connectivity index (χ4v) is 2.26. The molecule has 4 heteroatoms. The number of rotatable bonds is 7. The lowest BCUT2D eigenvalue weighted by Gasteiger charge is -2.18. The Balaban J connectivity index is 1.97. The van der Waals surface area contributed by atoms with Crippen molar-refractivity contribution in [3.8, 4) is 0 Å². The predicted octanol–water partition coefficient (Wildman–Crippen LogP) is 3.67. The molecule has 1 amide bonds. The summed E-state index contributed by atoms with van der Waals surface area (Å²) in [7, 11) is 0. The number of amides is 1. The number of ether oxygens (including phenoxy) is 1. The molecule has 0 heterocycles. The Morgan fingerprint density at radius 1 is 1.00 bits per heavy atom. The second-order valence-corrected chi connectivity index (χ2v) is 5.59. The van der Waals surface area contributed by atoms with Gasteiger partial charge in [-0.3, -0.25) is 4.79 Å². The lowest BCUT2D eigenvalue weighted by Crippen LogP contribution is -2.42. The fraction of sp³-hybridized carbons (Fsp3) is 0.200. The highest BCUT2D eigenvalue weighted by molar-refractivity contribution is 6.00. The number of carbonyl (C=O) groups excluding carboxylic acids is 2. The number of Topliss-reactive ketones (excluding diaryl/α,β-unsaturated/α-hetero) is 1. The maximum Gasteiger partial charge on any atom is 0.408 e. The summed E-state index contributed by atoms with van der Waals surface area (Å²) in [4.78, 5) is 24.3. The van der Waals surface area contributed by atoms with E-state index in [1.807, 2.05) is 60.7 Å². The topological polar surface area (TPSA) is 55.4 Å². The second kappa shape index (κ2) is 8.67. The minimum Gasteiger partial charge on any atom is -0.445 e. The quantitative estimate of drug-likeness (QED) is 0.791. The fourth-order valence-electron chi connectivity index (χ4n) is 2.26. The van der Waals surface area contributed by atoms with Crippen LogP contribution >= 0.6 is 0 Å². The summed E-state index contributed by atoms with van der Waals surface area (Å²) < 4.78 is 5.19. The molecule has 1 atom stereocenters. The van der Waals surface area contributed by atoms with Crippen LogP contribution in [0.1, 0.15) is 18.1 Å². The van der Waals surface area contributed by atoms with Gasteiger partial charge in [0, 0.05) is 6.42 Å². The molecule has 24 heavy (non-hydrogen) atoms. The first-order valence-corrected chi connectivity index (χ1v) is 7.77. The molecule has 1 unspecified atom stereocenters. The van der Waals surface area contributed by atoms with Crippen molar-refractivity contribution in [1.29, 1.82) is 0 Å². The Morgan fingerprint density at radius 3 is 2.08 bits per heavy atom. The van der Waals surface area contributed by atoms with Crippen molar-refractivity contribution in [2.75, 3.05) is 0 Å². The van der Waals surface area contributed by atoms with Crippen LogP contribution in [-0.4, -0.2) is 17.9 Å². The van der Waals surface area contributed by atoms with E-state index in [2.05, 4.69) is 11.9 Å². The van der Waals surface area contributed by atoms with Crippen LogP contribution in [-0.2, 0) is 22.6 Å². The normalized spacial score (nSPS) is 11.4. The molecule has 0 saturated carbocycles. The van der Waals surface area contributed by atoms with Gasteiger partial charge >= 0.3 is 6.09 Å². The molecule has 0 aromatic heterocycles. The maximum atomic E-state index is 12.3. The first kappa shape index (κ1) is 17.5. The summed E-state index contributed by atoms with van der Waals surface area (Å²) >= 11 is 0. The molecule has 2 aromatic rings. The first-order chi connectivity index (χ1) is 11.6. The van der Waals surface area contributed by atoms with Crippen molar-refractivity contribution in [1.82, 2.24) is 5.32 Å². The minimum atomic E-state index is -0.687. The maximum absolute atomic E-state index is 12.3. The minimum absolute atomic E-state index is 0.159. The molecule has 0 radical (unpaired) electrons. The largest absolute Gasteiger partial charge is 0.445 e. The van der Waals surface area contributed by atoms with Gasteiger partial charge in [-0.1, -0.05) is 67.2 Å². The van der Waals surface area contributed by atoms with E-state index >= 15 is 0 Å². The van der Waals surface area contributed by atoms with Crippen LogP contribution in [0.4, 0.5) is 4.79 Å². The number of benzene rings is 2. The molecule has 2 rings (SSSR count). The number of hydrogen-bond donors (Lipinski definition) is 1. The van der Waals surface area contributed by atoms with Crippen LogP contribution < -0.4 is 5.32 Å². The Labute approximate surface area is 142 Å². The predicted molar refractivity (Wildman–Crippen MR) is 93.5 cm³/mol. The van der Waals surface area contributed by atoms with Crippen LogP contribution in [0.25, 0.3) is 0 Å².